The van der Waals surface area contributed by atoms with Gasteiger partial charge in [-0.3, -0.25) is 9.55 Å². The van der Waals surface area contributed by atoms with E-state index >= 15 is 0 Å². The fraction of sp³-hybridized carbons (Fsp3) is 0.368. The molecule has 0 aliphatic heterocycles. The first-order valence-electron chi connectivity index (χ1n) is 9.36. The van der Waals surface area contributed by atoms with Gasteiger partial charge in [-0.15, -0.1) is 0 Å². The van der Waals surface area contributed by atoms with Gasteiger partial charge in [0.05, 0.1) is 35.7 Å². The van der Waals surface area contributed by atoms with Crippen LogP contribution in [0.5, 0.6) is 0 Å². The zero-order valence-electron chi connectivity index (χ0n) is 15.1. The van der Waals surface area contributed by atoms with Crippen molar-refractivity contribution < 1.29 is 0 Å². The molecular weight excluding hydrogens is 356 g/mol. The van der Waals surface area contributed by atoms with Crippen LogP contribution >= 0.6 is 0 Å². The fourth-order valence-corrected chi connectivity index (χ4v) is 4.13. The van der Waals surface area contributed by atoms with E-state index in [1.807, 2.05) is 0 Å². The lowest BCUT2D eigenvalue weighted by atomic mass is 9.84. The second-order valence-corrected chi connectivity index (χ2v) is 7.23. The number of aromatic amines is 1. The number of H-pyrrole nitrogens is 1. The molecule has 1 saturated carbocycles. The average molecular weight is 374 g/mol. The Morgan fingerprint density at radius 3 is 2.89 bits per heavy atom. The second-order valence-electron chi connectivity index (χ2n) is 7.23. The third-order valence-corrected chi connectivity index (χ3v) is 5.58. The van der Waals surface area contributed by atoms with Gasteiger partial charge in [-0.2, -0.15) is 10.4 Å². The van der Waals surface area contributed by atoms with E-state index < -0.39 is 0 Å². The van der Waals surface area contributed by atoms with Crippen LogP contribution in [0, 0.1) is 17.2 Å². The van der Waals surface area contributed by atoms with E-state index in [4.69, 9.17) is 10.2 Å². The van der Waals surface area contributed by atoms with Gasteiger partial charge in [-0.05, 0) is 31.6 Å². The molecule has 0 bridgehead atoms. The first-order chi connectivity index (χ1) is 13.7. The molecular formula is C19H18N8O. The van der Waals surface area contributed by atoms with Crippen LogP contribution in [0.4, 0.5) is 0 Å². The van der Waals surface area contributed by atoms with E-state index in [0.717, 1.165) is 36.8 Å². The highest BCUT2D eigenvalue weighted by Crippen LogP contribution is 2.34. The maximum atomic E-state index is 12.6. The summed E-state index contributed by atoms with van der Waals surface area (Å²) in [6.07, 6.45) is 12.8. The number of nitrogens with zero attached hydrogens (tertiary/aromatic N) is 7. The lowest BCUT2D eigenvalue weighted by Gasteiger charge is -2.27. The van der Waals surface area contributed by atoms with Gasteiger partial charge in [0.15, 0.2) is 11.5 Å². The molecule has 1 aliphatic rings. The summed E-state index contributed by atoms with van der Waals surface area (Å²) in [6.45, 7) is 0. The molecule has 1 N–H and O–H groups in total. The molecule has 0 amide bonds. The molecule has 1 fully saturated rings. The molecule has 0 saturated heterocycles. The summed E-state index contributed by atoms with van der Waals surface area (Å²) in [6, 6.07) is 2.34. The number of fused-ring (bicyclic) bond motifs is 2. The molecule has 0 radical (unpaired) electrons. The first kappa shape index (κ1) is 16.6. The van der Waals surface area contributed by atoms with Crippen molar-refractivity contribution in [2.75, 3.05) is 0 Å². The maximum Gasteiger partial charge on any atom is 0.327 e. The Morgan fingerprint density at radius 1 is 1.21 bits per heavy atom. The van der Waals surface area contributed by atoms with Crippen molar-refractivity contribution in [1.82, 2.24) is 34.1 Å². The minimum Gasteiger partial charge on any atom is -0.303 e. The number of nitrogens with one attached hydrogen (secondary N) is 1. The highest BCUT2D eigenvalue weighted by molar-refractivity contribution is 5.79. The Balaban J connectivity index is 1.56. The number of nitriles is 1. The Kier molecular flexibility index (Phi) is 3.90. The van der Waals surface area contributed by atoms with Gasteiger partial charge < -0.3 is 4.98 Å². The molecule has 28 heavy (non-hydrogen) atoms. The smallest absolute Gasteiger partial charge is 0.303 e. The Morgan fingerprint density at radius 2 is 2.07 bits per heavy atom. The fourth-order valence-electron chi connectivity index (χ4n) is 4.13. The molecule has 5 rings (SSSR count). The molecule has 4 aromatic rings. The normalized spacial score (nSPS) is 19.8. The van der Waals surface area contributed by atoms with Crippen molar-refractivity contribution in [3.63, 3.8) is 0 Å². The van der Waals surface area contributed by atoms with Crippen molar-refractivity contribution in [3.05, 3.63) is 41.5 Å². The number of imidazole rings is 1. The summed E-state index contributed by atoms with van der Waals surface area (Å²) >= 11 is 0. The SMILES string of the molecule is N#CCC1CCC(n2c(=O)[nH]c3cnc(-c4cnn5ccncc45)nc32)CC1. The molecule has 4 heterocycles. The van der Waals surface area contributed by atoms with Crippen LogP contribution in [-0.2, 0) is 0 Å². The highest BCUT2D eigenvalue weighted by atomic mass is 16.1. The van der Waals surface area contributed by atoms with Gasteiger partial charge in [0, 0.05) is 24.9 Å². The lowest BCUT2D eigenvalue weighted by Crippen LogP contribution is -2.26. The van der Waals surface area contributed by atoms with Crippen LogP contribution in [-0.4, -0.2) is 34.1 Å². The predicted octanol–water partition coefficient (Wildman–Crippen LogP) is 2.47. The van der Waals surface area contributed by atoms with E-state index in [-0.39, 0.29) is 11.7 Å². The lowest BCUT2D eigenvalue weighted by molar-refractivity contribution is 0.277. The van der Waals surface area contributed by atoms with E-state index in [9.17, 15) is 4.79 Å². The number of hydrogen-bond donors (Lipinski definition) is 1. The zero-order chi connectivity index (χ0) is 19.1. The quantitative estimate of drug-likeness (QED) is 0.588. The molecule has 1 aliphatic carbocycles. The maximum absolute atomic E-state index is 12.6. The molecule has 0 aromatic carbocycles. The van der Waals surface area contributed by atoms with Gasteiger partial charge >= 0.3 is 5.69 Å². The molecule has 0 unspecified atom stereocenters. The van der Waals surface area contributed by atoms with Gasteiger partial charge in [-0.1, -0.05) is 0 Å². The average Bonchev–Trinajstić information content (AvgIpc) is 3.29. The van der Waals surface area contributed by atoms with Gasteiger partial charge in [0.25, 0.3) is 0 Å². The summed E-state index contributed by atoms with van der Waals surface area (Å²) in [4.78, 5) is 28.8. The Labute approximate surface area is 159 Å². The third kappa shape index (κ3) is 2.65. The highest BCUT2D eigenvalue weighted by Gasteiger charge is 2.26. The first-order valence-corrected chi connectivity index (χ1v) is 9.36. The summed E-state index contributed by atoms with van der Waals surface area (Å²) in [5, 5.41) is 13.2. The third-order valence-electron chi connectivity index (χ3n) is 5.58. The van der Waals surface area contributed by atoms with Crippen molar-refractivity contribution in [1.29, 1.82) is 5.26 Å². The molecule has 9 heteroatoms. The van der Waals surface area contributed by atoms with E-state index in [2.05, 4.69) is 26.1 Å². The van der Waals surface area contributed by atoms with E-state index in [0.29, 0.717) is 29.3 Å². The van der Waals surface area contributed by atoms with Crippen molar-refractivity contribution >= 4 is 16.7 Å². The van der Waals surface area contributed by atoms with Crippen molar-refractivity contribution in [2.45, 2.75) is 38.1 Å². The topological polar surface area (TPSA) is 118 Å². The second kappa shape index (κ2) is 6.56. The zero-order valence-corrected chi connectivity index (χ0v) is 15.1. The standard InChI is InChI=1S/C19H18N8O/c20-6-5-12-1-3-13(4-2-12)27-18-15(24-19(27)28)10-22-17(25-18)14-9-23-26-8-7-21-11-16(14)26/h7-13H,1-5H2,(H,24,28). The summed E-state index contributed by atoms with van der Waals surface area (Å²) in [7, 11) is 0. The molecule has 0 atom stereocenters. The summed E-state index contributed by atoms with van der Waals surface area (Å²) in [5.74, 6) is 0.944. The van der Waals surface area contributed by atoms with Crippen LogP contribution in [0.1, 0.15) is 38.1 Å². The van der Waals surface area contributed by atoms with E-state index in [1.54, 1.807) is 40.1 Å². The number of aromatic nitrogens is 7. The molecule has 140 valence electrons. The van der Waals surface area contributed by atoms with Crippen LogP contribution in [0.15, 0.2) is 35.8 Å². The molecule has 9 nitrogen and oxygen atoms in total. The number of rotatable bonds is 3. The molecule has 4 aromatic heterocycles. The minimum absolute atomic E-state index is 0.0875. The van der Waals surface area contributed by atoms with Crippen LogP contribution in [0.25, 0.3) is 28.1 Å². The molecule has 0 spiro atoms. The Hall–Kier alpha value is -3.54. The van der Waals surface area contributed by atoms with Gasteiger partial charge in [0.2, 0.25) is 0 Å². The van der Waals surface area contributed by atoms with E-state index in [1.165, 1.54) is 0 Å². The summed E-state index contributed by atoms with van der Waals surface area (Å²) < 4.78 is 3.48. The Bertz CT molecular complexity index is 1250. The van der Waals surface area contributed by atoms with Crippen LogP contribution in [0.2, 0.25) is 0 Å². The number of hydrogen-bond acceptors (Lipinski definition) is 6. The predicted molar refractivity (Wildman–Crippen MR) is 101 cm³/mol. The largest absolute Gasteiger partial charge is 0.327 e. The van der Waals surface area contributed by atoms with Crippen LogP contribution < -0.4 is 5.69 Å². The van der Waals surface area contributed by atoms with Crippen molar-refractivity contribution in [2.24, 2.45) is 5.92 Å². The van der Waals surface area contributed by atoms with Crippen molar-refractivity contribution in [3.8, 4) is 17.5 Å². The van der Waals surface area contributed by atoms with Crippen LogP contribution in [0.3, 0.4) is 0 Å². The monoisotopic (exact) mass is 374 g/mol. The minimum atomic E-state index is -0.160. The van der Waals surface area contributed by atoms with Gasteiger partial charge in [-0.25, -0.2) is 19.3 Å². The van der Waals surface area contributed by atoms with Gasteiger partial charge in [0.1, 0.15) is 5.52 Å². The summed E-state index contributed by atoms with van der Waals surface area (Å²) in [5.41, 5.74) is 2.66.